The third-order valence-electron chi connectivity index (χ3n) is 3.80. The summed E-state index contributed by atoms with van der Waals surface area (Å²) < 4.78 is 18.5. The van der Waals surface area contributed by atoms with Crippen LogP contribution in [0.1, 0.15) is 31.1 Å². The minimum Gasteiger partial charge on any atom is -0.438 e. The average molecular weight is 327 g/mol. The number of nitrogens with zero attached hydrogens (tertiary/aromatic N) is 2. The first-order chi connectivity index (χ1) is 11.4. The van der Waals surface area contributed by atoms with Gasteiger partial charge in [-0.2, -0.15) is 5.26 Å². The molecule has 1 heterocycles. The molecular formula is C18H18FN3O2. The van der Waals surface area contributed by atoms with E-state index >= 15 is 0 Å². The van der Waals surface area contributed by atoms with Gasteiger partial charge in [0.25, 0.3) is 5.91 Å². The first-order valence-electron chi connectivity index (χ1n) is 7.48. The number of nitriles is 1. The third-order valence-corrected chi connectivity index (χ3v) is 3.80. The molecule has 1 aromatic heterocycles. The van der Waals surface area contributed by atoms with Gasteiger partial charge in [0.05, 0.1) is 6.07 Å². The molecule has 1 N–H and O–H groups in total. The second-order valence-corrected chi connectivity index (χ2v) is 5.84. The predicted molar refractivity (Wildman–Crippen MR) is 87.0 cm³/mol. The molecule has 1 atom stereocenters. The number of ether oxygens (including phenoxy) is 1. The highest BCUT2D eigenvalue weighted by Gasteiger charge is 2.31. The second kappa shape index (κ2) is 7.09. The highest BCUT2D eigenvalue weighted by molar-refractivity contribution is 5.97. The Balaban J connectivity index is 2.27. The lowest BCUT2D eigenvalue weighted by molar-refractivity contribution is 0.0905. The van der Waals surface area contributed by atoms with E-state index in [0.717, 1.165) is 0 Å². The van der Waals surface area contributed by atoms with Crippen LogP contribution < -0.4 is 10.1 Å². The monoisotopic (exact) mass is 327 g/mol. The molecule has 0 saturated carbocycles. The lowest BCUT2D eigenvalue weighted by atomic mass is 9.90. The van der Waals surface area contributed by atoms with Gasteiger partial charge in [-0.3, -0.25) is 4.79 Å². The number of aromatic nitrogens is 1. The average Bonchev–Trinajstić information content (AvgIpc) is 2.57. The van der Waals surface area contributed by atoms with Gasteiger partial charge in [0.1, 0.15) is 22.7 Å². The second-order valence-electron chi connectivity index (χ2n) is 5.84. The van der Waals surface area contributed by atoms with Gasteiger partial charge >= 0.3 is 0 Å². The van der Waals surface area contributed by atoms with Crippen molar-refractivity contribution in [2.75, 3.05) is 0 Å². The van der Waals surface area contributed by atoms with Crippen LogP contribution in [0.2, 0.25) is 0 Å². The van der Waals surface area contributed by atoms with Crippen LogP contribution >= 0.6 is 0 Å². The van der Waals surface area contributed by atoms with Crippen molar-refractivity contribution in [1.82, 2.24) is 10.3 Å². The van der Waals surface area contributed by atoms with Gasteiger partial charge in [-0.05, 0) is 49.2 Å². The summed E-state index contributed by atoms with van der Waals surface area (Å²) in [6, 6.07) is 10.7. The first-order valence-corrected chi connectivity index (χ1v) is 7.48. The lowest BCUT2D eigenvalue weighted by Crippen LogP contribution is -2.48. The Morgan fingerprint density at radius 1 is 1.33 bits per heavy atom. The molecule has 0 fully saturated rings. The summed E-state index contributed by atoms with van der Waals surface area (Å²) in [6.07, 6.45) is 1.49. The molecule has 5 nitrogen and oxygen atoms in total. The Labute approximate surface area is 140 Å². The van der Waals surface area contributed by atoms with Crippen LogP contribution in [0.25, 0.3) is 0 Å². The smallest absolute Gasteiger partial charge is 0.258 e. The number of halogens is 1. The van der Waals surface area contributed by atoms with E-state index in [0.29, 0.717) is 5.75 Å². The maximum Gasteiger partial charge on any atom is 0.258 e. The number of nitrogens with one attached hydrogen (secondary N) is 1. The van der Waals surface area contributed by atoms with Gasteiger partial charge < -0.3 is 10.1 Å². The molecule has 1 aromatic carbocycles. The summed E-state index contributed by atoms with van der Waals surface area (Å²) >= 11 is 0. The Kier molecular flexibility index (Phi) is 5.14. The van der Waals surface area contributed by atoms with Gasteiger partial charge in [-0.1, -0.05) is 13.8 Å². The molecule has 0 aliphatic heterocycles. The molecule has 0 aliphatic rings. The van der Waals surface area contributed by atoms with Crippen LogP contribution in [-0.4, -0.2) is 16.4 Å². The van der Waals surface area contributed by atoms with Gasteiger partial charge in [0, 0.05) is 6.20 Å². The minimum absolute atomic E-state index is 0.0791. The normalized spacial score (nSPS) is 13.0. The number of hydrogen-bond donors (Lipinski definition) is 1. The molecular weight excluding hydrogens is 309 g/mol. The third kappa shape index (κ3) is 3.87. The van der Waals surface area contributed by atoms with Crippen molar-refractivity contribution in [3.8, 4) is 17.7 Å². The highest BCUT2D eigenvalue weighted by Crippen LogP contribution is 2.24. The molecule has 24 heavy (non-hydrogen) atoms. The quantitative estimate of drug-likeness (QED) is 0.909. The Bertz CT molecular complexity index is 769. The summed E-state index contributed by atoms with van der Waals surface area (Å²) in [5, 5.41) is 12.0. The molecule has 0 bridgehead atoms. The number of carbonyl (C=O) groups is 1. The van der Waals surface area contributed by atoms with Crippen LogP contribution in [0.3, 0.4) is 0 Å². The topological polar surface area (TPSA) is 75.0 Å². The fraction of sp³-hybridized carbons (Fsp3) is 0.278. The standard InChI is InChI=1S/C18H18FN3O2/c1-12(2)18(3,11-20)22-16(23)15-5-4-10-21-17(15)24-14-8-6-13(19)7-9-14/h4-10,12H,1-3H3,(H,22,23)/t18-/m0/s1. The molecule has 1 amide bonds. The van der Waals surface area contributed by atoms with E-state index in [2.05, 4.69) is 16.4 Å². The van der Waals surface area contributed by atoms with E-state index in [9.17, 15) is 14.4 Å². The minimum atomic E-state index is -1.01. The summed E-state index contributed by atoms with van der Waals surface area (Å²) in [4.78, 5) is 16.6. The number of amides is 1. The van der Waals surface area contributed by atoms with E-state index < -0.39 is 11.4 Å². The maximum absolute atomic E-state index is 13.0. The maximum atomic E-state index is 13.0. The van der Waals surface area contributed by atoms with Crippen molar-refractivity contribution in [1.29, 1.82) is 5.26 Å². The summed E-state index contributed by atoms with van der Waals surface area (Å²) in [6.45, 7) is 5.36. The number of hydrogen-bond acceptors (Lipinski definition) is 4. The fourth-order valence-corrected chi connectivity index (χ4v) is 1.86. The van der Waals surface area contributed by atoms with E-state index in [4.69, 9.17) is 4.74 Å². The molecule has 6 heteroatoms. The molecule has 0 spiro atoms. The van der Waals surface area contributed by atoms with Crippen LogP contribution in [0, 0.1) is 23.1 Å². The Morgan fingerprint density at radius 2 is 2.00 bits per heavy atom. The van der Waals surface area contributed by atoms with E-state index in [1.807, 2.05) is 13.8 Å². The van der Waals surface area contributed by atoms with Crippen LogP contribution in [0.4, 0.5) is 4.39 Å². The Morgan fingerprint density at radius 3 is 2.58 bits per heavy atom. The van der Waals surface area contributed by atoms with Crippen molar-refractivity contribution in [2.45, 2.75) is 26.3 Å². The largest absolute Gasteiger partial charge is 0.438 e. The molecule has 0 aliphatic carbocycles. The summed E-state index contributed by atoms with van der Waals surface area (Å²) in [5.41, 5.74) is -0.816. The zero-order chi connectivity index (χ0) is 17.7. The van der Waals surface area contributed by atoms with Crippen LogP contribution in [-0.2, 0) is 0 Å². The van der Waals surface area contributed by atoms with Crippen LogP contribution in [0.15, 0.2) is 42.6 Å². The highest BCUT2D eigenvalue weighted by atomic mass is 19.1. The summed E-state index contributed by atoms with van der Waals surface area (Å²) in [7, 11) is 0. The van der Waals surface area contributed by atoms with Gasteiger partial charge in [0.15, 0.2) is 0 Å². The number of carbonyl (C=O) groups excluding carboxylic acids is 1. The number of pyridine rings is 1. The van der Waals surface area contributed by atoms with E-state index in [1.165, 1.54) is 30.5 Å². The van der Waals surface area contributed by atoms with Crippen molar-refractivity contribution >= 4 is 5.91 Å². The molecule has 0 unspecified atom stereocenters. The SMILES string of the molecule is CC(C)[C@](C)(C#N)NC(=O)c1cccnc1Oc1ccc(F)cc1. The number of rotatable bonds is 5. The van der Waals surface area contributed by atoms with Crippen molar-refractivity contribution in [3.63, 3.8) is 0 Å². The zero-order valence-electron chi connectivity index (χ0n) is 13.7. The lowest BCUT2D eigenvalue weighted by Gasteiger charge is -2.27. The van der Waals surface area contributed by atoms with Gasteiger partial charge in [-0.25, -0.2) is 9.37 Å². The first kappa shape index (κ1) is 17.4. The van der Waals surface area contributed by atoms with Gasteiger partial charge in [-0.15, -0.1) is 0 Å². The molecule has 0 radical (unpaired) electrons. The molecule has 2 aromatic rings. The van der Waals surface area contributed by atoms with E-state index in [1.54, 1.807) is 19.1 Å². The Hall–Kier alpha value is -2.94. The predicted octanol–water partition coefficient (Wildman–Crippen LogP) is 3.68. The van der Waals surface area contributed by atoms with Crippen molar-refractivity contribution in [2.24, 2.45) is 5.92 Å². The molecule has 0 saturated heterocycles. The molecule has 124 valence electrons. The van der Waals surface area contributed by atoms with Gasteiger partial charge in [0.2, 0.25) is 5.88 Å². The molecule has 2 rings (SSSR count). The fourth-order valence-electron chi connectivity index (χ4n) is 1.86. The summed E-state index contributed by atoms with van der Waals surface area (Å²) in [5.74, 6) is -0.479. The van der Waals surface area contributed by atoms with Crippen molar-refractivity contribution in [3.05, 3.63) is 54.0 Å². The zero-order valence-corrected chi connectivity index (χ0v) is 13.7. The van der Waals surface area contributed by atoms with Crippen LogP contribution in [0.5, 0.6) is 11.6 Å². The number of benzene rings is 1. The van der Waals surface area contributed by atoms with Crippen molar-refractivity contribution < 1.29 is 13.9 Å². The van der Waals surface area contributed by atoms with E-state index in [-0.39, 0.29) is 23.2 Å².